The van der Waals surface area contributed by atoms with Crippen LogP contribution in [0.25, 0.3) is 0 Å². The number of carboxylic acid groups (broad SMARTS) is 1. The van der Waals surface area contributed by atoms with Gasteiger partial charge in [0.05, 0.1) is 26.4 Å². The van der Waals surface area contributed by atoms with Crippen molar-refractivity contribution >= 4 is 5.97 Å². The van der Waals surface area contributed by atoms with Gasteiger partial charge in [0.25, 0.3) is 0 Å². The second-order valence-corrected chi connectivity index (χ2v) is 4.42. The van der Waals surface area contributed by atoms with E-state index in [9.17, 15) is 4.79 Å². The van der Waals surface area contributed by atoms with Crippen molar-refractivity contribution < 1.29 is 24.1 Å². The van der Waals surface area contributed by atoms with E-state index in [-0.39, 0.29) is 5.56 Å². The van der Waals surface area contributed by atoms with Crippen LogP contribution in [0.1, 0.15) is 43.0 Å². The quantitative estimate of drug-likeness (QED) is 0.703. The summed E-state index contributed by atoms with van der Waals surface area (Å²) in [6, 6.07) is 2.88. The second-order valence-electron chi connectivity index (χ2n) is 4.42. The molecule has 1 N–H and O–H groups in total. The van der Waals surface area contributed by atoms with Gasteiger partial charge in [-0.05, 0) is 18.6 Å². The summed E-state index contributed by atoms with van der Waals surface area (Å²) in [7, 11) is 2.97. The summed E-state index contributed by atoms with van der Waals surface area (Å²) in [6.45, 7) is 2.67. The molecule has 0 aliphatic rings. The van der Waals surface area contributed by atoms with Gasteiger partial charge in [-0.1, -0.05) is 26.2 Å². The van der Waals surface area contributed by atoms with E-state index in [1.54, 1.807) is 0 Å². The Morgan fingerprint density at radius 3 is 2.35 bits per heavy atom. The van der Waals surface area contributed by atoms with Crippen LogP contribution in [-0.2, 0) is 0 Å². The molecule has 0 aliphatic heterocycles. The summed E-state index contributed by atoms with van der Waals surface area (Å²) in [5.41, 5.74) is 0.117. The van der Waals surface area contributed by atoms with Crippen molar-refractivity contribution in [2.45, 2.75) is 32.6 Å². The lowest BCUT2D eigenvalue weighted by atomic mass is 10.2. The van der Waals surface area contributed by atoms with E-state index in [0.29, 0.717) is 23.9 Å². The maximum Gasteiger partial charge on any atom is 0.335 e. The first-order chi connectivity index (χ1) is 9.63. The highest BCUT2D eigenvalue weighted by Crippen LogP contribution is 2.38. The minimum Gasteiger partial charge on any atom is -0.493 e. The van der Waals surface area contributed by atoms with Crippen molar-refractivity contribution in [2.75, 3.05) is 20.8 Å². The zero-order chi connectivity index (χ0) is 15.0. The molecule has 0 aliphatic carbocycles. The molecule has 0 radical (unpaired) electrons. The molecule has 0 bridgehead atoms. The van der Waals surface area contributed by atoms with E-state index in [4.69, 9.17) is 19.3 Å². The molecule has 0 amide bonds. The summed E-state index contributed by atoms with van der Waals surface area (Å²) >= 11 is 0. The van der Waals surface area contributed by atoms with Crippen LogP contribution in [0.15, 0.2) is 12.1 Å². The van der Waals surface area contributed by atoms with E-state index < -0.39 is 5.97 Å². The Morgan fingerprint density at radius 1 is 1.10 bits per heavy atom. The van der Waals surface area contributed by atoms with Gasteiger partial charge in [0.2, 0.25) is 5.75 Å². The van der Waals surface area contributed by atoms with E-state index in [1.807, 2.05) is 0 Å². The summed E-state index contributed by atoms with van der Waals surface area (Å²) in [6.07, 6.45) is 4.34. The van der Waals surface area contributed by atoms with Gasteiger partial charge < -0.3 is 19.3 Å². The fourth-order valence-corrected chi connectivity index (χ4v) is 1.87. The predicted molar refractivity (Wildman–Crippen MR) is 76.1 cm³/mol. The van der Waals surface area contributed by atoms with Crippen LogP contribution >= 0.6 is 0 Å². The first kappa shape index (κ1) is 16.1. The van der Waals surface area contributed by atoms with Gasteiger partial charge >= 0.3 is 5.97 Å². The summed E-state index contributed by atoms with van der Waals surface area (Å²) in [5, 5.41) is 9.08. The van der Waals surface area contributed by atoms with Gasteiger partial charge in [-0.15, -0.1) is 0 Å². The van der Waals surface area contributed by atoms with Crippen molar-refractivity contribution in [2.24, 2.45) is 0 Å². The number of aromatic carboxylic acids is 1. The number of ether oxygens (including phenoxy) is 3. The standard InChI is InChI=1S/C15H22O5/c1-4-5-6-7-8-20-13-10-11(15(16)17)9-12(18-2)14(13)19-3/h9-10H,4-8H2,1-3H3,(H,16,17). The van der Waals surface area contributed by atoms with E-state index in [0.717, 1.165) is 19.3 Å². The Morgan fingerprint density at radius 2 is 1.80 bits per heavy atom. The van der Waals surface area contributed by atoms with Crippen molar-refractivity contribution in [1.29, 1.82) is 0 Å². The topological polar surface area (TPSA) is 65.0 Å². The molecule has 0 aromatic heterocycles. The van der Waals surface area contributed by atoms with Crippen molar-refractivity contribution in [3.8, 4) is 17.2 Å². The van der Waals surface area contributed by atoms with Crippen LogP contribution in [0.4, 0.5) is 0 Å². The van der Waals surface area contributed by atoms with Crippen molar-refractivity contribution in [3.63, 3.8) is 0 Å². The fourth-order valence-electron chi connectivity index (χ4n) is 1.87. The highest BCUT2D eigenvalue weighted by Gasteiger charge is 2.16. The van der Waals surface area contributed by atoms with Crippen LogP contribution in [0.2, 0.25) is 0 Å². The van der Waals surface area contributed by atoms with Gasteiger partial charge in [-0.2, -0.15) is 0 Å². The monoisotopic (exact) mass is 282 g/mol. The molecule has 1 rings (SSSR count). The summed E-state index contributed by atoms with van der Waals surface area (Å²) in [4.78, 5) is 11.1. The van der Waals surface area contributed by atoms with Gasteiger partial charge in [-0.25, -0.2) is 4.79 Å². The number of methoxy groups -OCH3 is 2. The predicted octanol–water partition coefficient (Wildman–Crippen LogP) is 3.36. The van der Waals surface area contributed by atoms with Crippen LogP contribution in [0.5, 0.6) is 17.2 Å². The average molecular weight is 282 g/mol. The van der Waals surface area contributed by atoms with Crippen molar-refractivity contribution in [1.82, 2.24) is 0 Å². The Hall–Kier alpha value is -1.91. The minimum absolute atomic E-state index is 0.117. The normalized spacial score (nSPS) is 10.2. The number of rotatable bonds is 9. The molecule has 5 heteroatoms. The fraction of sp³-hybridized carbons (Fsp3) is 0.533. The number of unbranched alkanes of at least 4 members (excludes halogenated alkanes) is 3. The van der Waals surface area contributed by atoms with Gasteiger partial charge in [0.15, 0.2) is 11.5 Å². The first-order valence-corrected chi connectivity index (χ1v) is 6.76. The molecule has 0 atom stereocenters. The van der Waals surface area contributed by atoms with E-state index >= 15 is 0 Å². The van der Waals surface area contributed by atoms with Crippen LogP contribution in [0, 0.1) is 0 Å². The Balaban J connectivity index is 2.85. The largest absolute Gasteiger partial charge is 0.493 e. The molecule has 0 unspecified atom stereocenters. The SMILES string of the molecule is CCCCCCOc1cc(C(=O)O)cc(OC)c1OC. The molecule has 0 heterocycles. The van der Waals surface area contributed by atoms with Gasteiger partial charge in [0, 0.05) is 0 Å². The third-order valence-corrected chi connectivity index (χ3v) is 2.95. The Bertz CT molecular complexity index is 442. The highest BCUT2D eigenvalue weighted by atomic mass is 16.5. The zero-order valence-electron chi connectivity index (χ0n) is 12.3. The number of carboxylic acids is 1. The maximum atomic E-state index is 11.1. The van der Waals surface area contributed by atoms with Gasteiger partial charge in [-0.3, -0.25) is 0 Å². The van der Waals surface area contributed by atoms with Crippen LogP contribution in [0.3, 0.4) is 0 Å². The average Bonchev–Trinajstić information content (AvgIpc) is 2.45. The number of hydrogen-bond donors (Lipinski definition) is 1. The lowest BCUT2D eigenvalue weighted by Gasteiger charge is -2.14. The summed E-state index contributed by atoms with van der Waals surface area (Å²) in [5.74, 6) is 0.159. The smallest absolute Gasteiger partial charge is 0.335 e. The molecule has 5 nitrogen and oxygen atoms in total. The molecule has 112 valence electrons. The first-order valence-electron chi connectivity index (χ1n) is 6.76. The lowest BCUT2D eigenvalue weighted by molar-refractivity contribution is 0.0695. The molecule has 1 aromatic carbocycles. The van der Waals surface area contributed by atoms with Crippen molar-refractivity contribution in [3.05, 3.63) is 17.7 Å². The Kier molecular flexibility index (Phi) is 6.70. The molecule has 0 saturated heterocycles. The molecule has 0 spiro atoms. The second kappa shape index (κ2) is 8.30. The number of carbonyl (C=O) groups is 1. The third-order valence-electron chi connectivity index (χ3n) is 2.95. The molecule has 1 aromatic rings. The minimum atomic E-state index is -1.03. The Labute approximate surface area is 119 Å². The molecule has 0 saturated carbocycles. The zero-order valence-corrected chi connectivity index (χ0v) is 12.3. The number of benzene rings is 1. The maximum absolute atomic E-state index is 11.1. The highest BCUT2D eigenvalue weighted by molar-refractivity contribution is 5.89. The molecule has 20 heavy (non-hydrogen) atoms. The van der Waals surface area contributed by atoms with Gasteiger partial charge in [0.1, 0.15) is 0 Å². The third kappa shape index (κ3) is 4.33. The molecular weight excluding hydrogens is 260 g/mol. The lowest BCUT2D eigenvalue weighted by Crippen LogP contribution is -2.04. The van der Waals surface area contributed by atoms with Crippen LogP contribution in [-0.4, -0.2) is 31.9 Å². The molecule has 0 fully saturated rings. The molecular formula is C15H22O5. The van der Waals surface area contributed by atoms with E-state index in [2.05, 4.69) is 6.92 Å². The number of hydrogen-bond acceptors (Lipinski definition) is 4. The van der Waals surface area contributed by atoms with E-state index in [1.165, 1.54) is 32.8 Å². The van der Waals surface area contributed by atoms with Crippen LogP contribution < -0.4 is 14.2 Å². The summed E-state index contributed by atoms with van der Waals surface area (Å²) < 4.78 is 16.0.